The van der Waals surface area contributed by atoms with Gasteiger partial charge in [0, 0.05) is 57.3 Å². The van der Waals surface area contributed by atoms with E-state index < -0.39 is 5.60 Å². The highest BCUT2D eigenvalue weighted by atomic mass is 35.5. The van der Waals surface area contributed by atoms with Crippen LogP contribution in [0.3, 0.4) is 0 Å². The van der Waals surface area contributed by atoms with Gasteiger partial charge in [-0.2, -0.15) is 0 Å². The number of carbonyl (C=O) groups excluding carboxylic acids is 1. The molecule has 0 spiro atoms. The minimum atomic E-state index is -0.462. The summed E-state index contributed by atoms with van der Waals surface area (Å²) in [5.74, 6) is 2.22. The highest BCUT2D eigenvalue weighted by molar-refractivity contribution is 6.32. The molecule has 6 rings (SSSR count). The van der Waals surface area contributed by atoms with Gasteiger partial charge in [0.1, 0.15) is 24.4 Å². The van der Waals surface area contributed by atoms with Gasteiger partial charge < -0.3 is 24.4 Å². The van der Waals surface area contributed by atoms with E-state index in [1.165, 1.54) is 5.56 Å². The zero-order valence-electron chi connectivity index (χ0n) is 23.0. The van der Waals surface area contributed by atoms with E-state index in [1.54, 1.807) is 6.33 Å². The van der Waals surface area contributed by atoms with Crippen molar-refractivity contribution in [2.75, 3.05) is 44.7 Å². The van der Waals surface area contributed by atoms with Gasteiger partial charge in [0.2, 0.25) is 0 Å². The summed E-state index contributed by atoms with van der Waals surface area (Å²) in [5.41, 5.74) is 3.66. The molecule has 1 amide bonds. The van der Waals surface area contributed by atoms with Crippen LogP contribution in [0.1, 0.15) is 75.1 Å². The second-order valence-corrected chi connectivity index (χ2v) is 12.5. The lowest BCUT2D eigenvalue weighted by molar-refractivity contribution is 0.00591. The number of amides is 1. The first-order chi connectivity index (χ1) is 18.7. The van der Waals surface area contributed by atoms with E-state index >= 15 is 0 Å². The predicted octanol–water partition coefficient (Wildman–Crippen LogP) is 5.46. The van der Waals surface area contributed by atoms with E-state index in [-0.39, 0.29) is 6.09 Å². The van der Waals surface area contributed by atoms with Crippen LogP contribution in [0.25, 0.3) is 0 Å². The quantitative estimate of drug-likeness (QED) is 0.534. The Kier molecular flexibility index (Phi) is 7.33. The smallest absolute Gasteiger partial charge is 0.410 e. The summed E-state index contributed by atoms with van der Waals surface area (Å²) in [4.78, 5) is 26.0. The van der Waals surface area contributed by atoms with Crippen LogP contribution in [-0.4, -0.2) is 76.9 Å². The number of carbonyl (C=O) groups is 1. The molecule has 0 aliphatic carbocycles. The Hall–Kier alpha value is -2.62. The maximum Gasteiger partial charge on any atom is 0.410 e. The number of nitrogens with one attached hydrogen (secondary N) is 1. The first-order valence-electron chi connectivity index (χ1n) is 14.1. The molecule has 210 valence electrons. The van der Waals surface area contributed by atoms with Crippen molar-refractivity contribution in [1.82, 2.24) is 19.8 Å². The summed E-state index contributed by atoms with van der Waals surface area (Å²) in [7, 11) is 0. The summed E-state index contributed by atoms with van der Waals surface area (Å²) in [6.07, 6.45) is 5.30. The van der Waals surface area contributed by atoms with Crippen LogP contribution in [0.15, 0.2) is 18.5 Å². The number of halogens is 1. The number of anilines is 2. The molecule has 4 aliphatic rings. The highest BCUT2D eigenvalue weighted by Crippen LogP contribution is 2.44. The third kappa shape index (κ3) is 5.67. The number of nitrogens with zero attached hydrogens (tertiary/aromatic N) is 4. The lowest BCUT2D eigenvalue weighted by Gasteiger charge is -2.47. The number of benzene rings is 1. The summed E-state index contributed by atoms with van der Waals surface area (Å²) < 4.78 is 17.3. The fourth-order valence-electron chi connectivity index (χ4n) is 6.12. The van der Waals surface area contributed by atoms with Gasteiger partial charge in [-0.15, -0.1) is 0 Å². The molecule has 0 bridgehead atoms. The maximum absolute atomic E-state index is 12.4. The number of fused-ring (bicyclic) bond motifs is 2. The molecule has 1 N–H and O–H groups in total. The summed E-state index contributed by atoms with van der Waals surface area (Å²) in [6, 6.07) is 4.71. The number of hydrogen-bond acceptors (Lipinski definition) is 8. The zero-order chi connectivity index (χ0) is 27.1. The van der Waals surface area contributed by atoms with E-state index in [4.69, 9.17) is 25.8 Å². The second-order valence-electron chi connectivity index (χ2n) is 12.1. The number of ether oxygens (including phenoxy) is 3. The van der Waals surface area contributed by atoms with Crippen molar-refractivity contribution in [3.63, 3.8) is 0 Å². The second kappa shape index (κ2) is 10.7. The van der Waals surface area contributed by atoms with Crippen LogP contribution in [-0.2, 0) is 16.1 Å². The Morgan fingerprint density at radius 2 is 1.82 bits per heavy atom. The van der Waals surface area contributed by atoms with Gasteiger partial charge in [-0.1, -0.05) is 11.6 Å². The third-order valence-electron chi connectivity index (χ3n) is 8.28. The molecule has 3 saturated heterocycles. The van der Waals surface area contributed by atoms with E-state index in [0.717, 1.165) is 87.8 Å². The highest BCUT2D eigenvalue weighted by Gasteiger charge is 2.37. The Balaban J connectivity index is 1.10. The van der Waals surface area contributed by atoms with Crippen molar-refractivity contribution in [3.8, 4) is 5.75 Å². The fraction of sp³-hybridized carbons (Fsp3) is 0.621. The van der Waals surface area contributed by atoms with E-state index in [1.807, 2.05) is 25.7 Å². The van der Waals surface area contributed by atoms with Crippen LogP contribution < -0.4 is 10.1 Å². The number of hydrogen-bond donors (Lipinski definition) is 1. The molecule has 0 atom stereocenters. The Labute approximate surface area is 235 Å². The Morgan fingerprint density at radius 3 is 2.54 bits per heavy atom. The van der Waals surface area contributed by atoms with Crippen LogP contribution in [0.2, 0.25) is 5.02 Å². The molecule has 0 radical (unpaired) electrons. The predicted molar refractivity (Wildman–Crippen MR) is 149 cm³/mol. The topological polar surface area (TPSA) is 89.1 Å². The minimum Gasteiger partial charge on any atom is -0.485 e. The van der Waals surface area contributed by atoms with Crippen LogP contribution >= 0.6 is 11.6 Å². The molecular weight excluding hydrogens is 518 g/mol. The van der Waals surface area contributed by atoms with Gasteiger partial charge in [0.15, 0.2) is 5.75 Å². The molecule has 10 heteroatoms. The summed E-state index contributed by atoms with van der Waals surface area (Å²) >= 11 is 6.77. The number of piperidine rings is 1. The van der Waals surface area contributed by atoms with Gasteiger partial charge in [0.25, 0.3) is 0 Å². The molecule has 9 nitrogen and oxygen atoms in total. The van der Waals surface area contributed by atoms with Crippen LogP contribution in [0.4, 0.5) is 16.3 Å². The molecule has 1 aromatic carbocycles. The zero-order valence-corrected chi connectivity index (χ0v) is 23.8. The van der Waals surface area contributed by atoms with Gasteiger partial charge in [0.05, 0.1) is 22.0 Å². The van der Waals surface area contributed by atoms with Crippen molar-refractivity contribution in [2.24, 2.45) is 0 Å². The Morgan fingerprint density at radius 1 is 1.08 bits per heavy atom. The van der Waals surface area contributed by atoms with Crippen LogP contribution in [0, 0.1) is 0 Å². The van der Waals surface area contributed by atoms with E-state index in [2.05, 4.69) is 32.3 Å². The molecule has 1 aromatic heterocycles. The van der Waals surface area contributed by atoms with Crippen molar-refractivity contribution in [3.05, 3.63) is 40.3 Å². The molecule has 3 fully saturated rings. The van der Waals surface area contributed by atoms with E-state index in [0.29, 0.717) is 35.3 Å². The standard InChI is InChI=1S/C29H38ClN5O4/c1-29(2,3)39-28(36)34-8-4-21(5-9-34)35-14-20(15-35)19-12-23(30)26-24(13-19)33-27-22(16-38-26)25(31-17-32-27)18-6-10-37-11-7-18/h12-13,17-18,20-21H,4-11,14-16H2,1-3H3,(H,31,32,33). The molecule has 0 unspecified atom stereocenters. The first-order valence-corrected chi connectivity index (χ1v) is 14.5. The fourth-order valence-corrected chi connectivity index (χ4v) is 6.40. The maximum atomic E-state index is 12.4. The van der Waals surface area contributed by atoms with Crippen molar-refractivity contribution >= 4 is 29.2 Å². The monoisotopic (exact) mass is 555 g/mol. The molecule has 39 heavy (non-hydrogen) atoms. The summed E-state index contributed by atoms with van der Waals surface area (Å²) in [5, 5.41) is 4.14. The summed E-state index contributed by atoms with van der Waals surface area (Å²) in [6.45, 7) is 11.1. The lowest BCUT2D eigenvalue weighted by atomic mass is 9.87. The van der Waals surface area contributed by atoms with Crippen molar-refractivity contribution < 1.29 is 19.0 Å². The SMILES string of the molecule is CC(C)(C)OC(=O)N1CCC(N2CC(c3cc(Cl)c4c(c3)Nc3ncnc(C5CCOCC5)c3CO4)C2)CC1. The Bertz CT molecular complexity index is 1210. The third-order valence-corrected chi connectivity index (χ3v) is 8.56. The largest absolute Gasteiger partial charge is 0.485 e. The van der Waals surface area contributed by atoms with Gasteiger partial charge in [-0.05, 0) is 64.2 Å². The van der Waals surface area contributed by atoms with E-state index in [9.17, 15) is 4.79 Å². The molecular formula is C29H38ClN5O4. The van der Waals surface area contributed by atoms with Gasteiger partial charge in [-0.25, -0.2) is 14.8 Å². The van der Waals surface area contributed by atoms with Crippen LogP contribution in [0.5, 0.6) is 5.75 Å². The first kappa shape index (κ1) is 26.6. The lowest BCUT2D eigenvalue weighted by Crippen LogP contribution is -2.55. The van der Waals surface area contributed by atoms with Crippen molar-refractivity contribution in [1.29, 1.82) is 0 Å². The minimum absolute atomic E-state index is 0.205. The number of likely N-dealkylation sites (tertiary alicyclic amines) is 2. The number of aromatic nitrogens is 2. The molecule has 0 saturated carbocycles. The number of rotatable bonds is 3. The average molecular weight is 556 g/mol. The van der Waals surface area contributed by atoms with Gasteiger partial charge in [-0.3, -0.25) is 4.90 Å². The van der Waals surface area contributed by atoms with Gasteiger partial charge >= 0.3 is 6.09 Å². The average Bonchev–Trinajstić information content (AvgIpc) is 3.07. The van der Waals surface area contributed by atoms with Crippen molar-refractivity contribution in [2.45, 2.75) is 76.5 Å². The molecule has 4 aliphatic heterocycles. The molecule has 5 heterocycles. The molecule has 2 aromatic rings. The normalized spacial score (nSPS) is 21.2.